The number of rotatable bonds is 8. The number of carbonyl (C=O) groups is 1. The number of allylic oxidation sites excluding steroid dienone is 4. The van der Waals surface area contributed by atoms with E-state index in [9.17, 15) is 13.6 Å². The molecule has 0 aromatic carbocycles. The lowest BCUT2D eigenvalue weighted by Crippen LogP contribution is -2.30. The highest BCUT2D eigenvalue weighted by Crippen LogP contribution is 2.61. The maximum absolute atomic E-state index is 14.1. The predicted octanol–water partition coefficient (Wildman–Crippen LogP) is 4.08. The van der Waals surface area contributed by atoms with Gasteiger partial charge in [-0.15, -0.1) is 0 Å². The van der Waals surface area contributed by atoms with Crippen molar-refractivity contribution in [3.63, 3.8) is 0 Å². The Kier molecular flexibility index (Phi) is 6.27. The molecule has 0 spiro atoms. The molecule has 1 unspecified atom stereocenters. The Bertz CT molecular complexity index is 1060. The molecule has 1 fully saturated rings. The number of aryl methyl sites for hydroxylation is 1. The molecule has 1 saturated carbocycles. The number of hydrogen-bond acceptors (Lipinski definition) is 6. The summed E-state index contributed by atoms with van der Waals surface area (Å²) in [5.74, 6) is -1.29. The maximum atomic E-state index is 14.1. The van der Waals surface area contributed by atoms with E-state index >= 15 is 0 Å². The second-order valence-corrected chi connectivity index (χ2v) is 8.07. The van der Waals surface area contributed by atoms with Crippen LogP contribution in [0, 0.1) is 24.2 Å². The van der Waals surface area contributed by atoms with Crippen molar-refractivity contribution in [2.45, 2.75) is 26.4 Å². The Balaban J connectivity index is 1.55. The summed E-state index contributed by atoms with van der Waals surface area (Å²) in [6, 6.07) is 5.22. The van der Waals surface area contributed by atoms with E-state index < -0.39 is 28.9 Å². The SMILES string of the molecule is COCc1nc(C)ncc1OC[C@@]1(C2C=CC(F)=C(F)C2)C[C@H]1C(=O)Nc1ccccn1. The van der Waals surface area contributed by atoms with Gasteiger partial charge in [0, 0.05) is 31.1 Å². The van der Waals surface area contributed by atoms with Crippen LogP contribution in [0.25, 0.3) is 0 Å². The summed E-state index contributed by atoms with van der Waals surface area (Å²) in [6.07, 6.45) is 6.25. The average Bonchev–Trinajstić information content (AvgIpc) is 3.52. The van der Waals surface area contributed by atoms with Gasteiger partial charge >= 0.3 is 0 Å². The molecule has 2 aromatic rings. The minimum atomic E-state index is -0.873. The third-order valence-corrected chi connectivity index (χ3v) is 5.95. The van der Waals surface area contributed by atoms with E-state index in [1.165, 1.54) is 0 Å². The third-order valence-electron chi connectivity index (χ3n) is 5.95. The van der Waals surface area contributed by atoms with Crippen LogP contribution in [-0.4, -0.2) is 34.6 Å². The molecule has 2 heterocycles. The van der Waals surface area contributed by atoms with Gasteiger partial charge in [-0.25, -0.2) is 23.7 Å². The van der Waals surface area contributed by atoms with Gasteiger partial charge in [-0.05, 0) is 37.5 Å². The normalized spacial score (nSPS) is 24.4. The topological polar surface area (TPSA) is 86.2 Å². The number of hydrogen-bond donors (Lipinski definition) is 1. The van der Waals surface area contributed by atoms with Crippen LogP contribution in [-0.2, 0) is 16.1 Å². The summed E-state index contributed by atoms with van der Waals surface area (Å²) in [4.78, 5) is 25.6. The summed E-state index contributed by atoms with van der Waals surface area (Å²) in [5.41, 5.74) is -0.107. The minimum absolute atomic E-state index is 0.117. The first kappa shape index (κ1) is 22.0. The van der Waals surface area contributed by atoms with Crippen LogP contribution in [0.15, 0.2) is 54.4 Å². The number of ether oxygens (including phenoxy) is 2. The number of aromatic nitrogens is 3. The van der Waals surface area contributed by atoms with Crippen LogP contribution in [0.5, 0.6) is 5.75 Å². The smallest absolute Gasteiger partial charge is 0.229 e. The van der Waals surface area contributed by atoms with Crippen molar-refractivity contribution < 1.29 is 23.0 Å². The van der Waals surface area contributed by atoms with Gasteiger partial charge in [0.25, 0.3) is 0 Å². The van der Waals surface area contributed by atoms with E-state index in [1.54, 1.807) is 50.7 Å². The van der Waals surface area contributed by atoms with E-state index in [4.69, 9.17) is 9.47 Å². The van der Waals surface area contributed by atoms with Crippen molar-refractivity contribution in [3.8, 4) is 5.75 Å². The molecular weight excluding hydrogens is 418 g/mol. The third kappa shape index (κ3) is 4.52. The van der Waals surface area contributed by atoms with Gasteiger partial charge in [-0.3, -0.25) is 4.79 Å². The van der Waals surface area contributed by atoms with Gasteiger partial charge in [0.15, 0.2) is 11.6 Å². The van der Waals surface area contributed by atoms with Gasteiger partial charge in [-0.1, -0.05) is 12.1 Å². The Hall–Kier alpha value is -3.20. The zero-order valence-corrected chi connectivity index (χ0v) is 17.8. The van der Waals surface area contributed by atoms with Crippen LogP contribution in [0.2, 0.25) is 0 Å². The van der Waals surface area contributed by atoms with E-state index in [-0.39, 0.29) is 25.5 Å². The molecule has 7 nitrogen and oxygen atoms in total. The van der Waals surface area contributed by atoms with Crippen LogP contribution < -0.4 is 10.1 Å². The molecular formula is C23H24F2N4O3. The highest BCUT2D eigenvalue weighted by Gasteiger charge is 2.62. The molecule has 2 aromatic heterocycles. The molecule has 3 atom stereocenters. The number of nitrogens with one attached hydrogen (secondary N) is 1. The Labute approximate surface area is 184 Å². The number of anilines is 1. The van der Waals surface area contributed by atoms with Crippen molar-refractivity contribution in [3.05, 3.63) is 65.9 Å². The van der Waals surface area contributed by atoms with Gasteiger partial charge in [-0.2, -0.15) is 0 Å². The molecule has 2 aliphatic rings. The molecule has 4 rings (SSSR count). The lowest BCUT2D eigenvalue weighted by Gasteiger charge is -2.27. The first-order valence-electron chi connectivity index (χ1n) is 10.3. The van der Waals surface area contributed by atoms with E-state index in [0.29, 0.717) is 29.5 Å². The highest BCUT2D eigenvalue weighted by atomic mass is 19.2. The summed E-state index contributed by atoms with van der Waals surface area (Å²) >= 11 is 0. The van der Waals surface area contributed by atoms with Crippen molar-refractivity contribution in [1.29, 1.82) is 0 Å². The Morgan fingerprint density at radius 3 is 2.88 bits per heavy atom. The molecule has 0 bridgehead atoms. The van der Waals surface area contributed by atoms with E-state index in [2.05, 4.69) is 20.3 Å². The van der Waals surface area contributed by atoms with Crippen molar-refractivity contribution >= 4 is 11.7 Å². The molecule has 0 aliphatic heterocycles. The first-order valence-corrected chi connectivity index (χ1v) is 10.3. The average molecular weight is 442 g/mol. The zero-order chi connectivity index (χ0) is 22.7. The number of pyridine rings is 1. The molecule has 1 N–H and O–H groups in total. The number of methoxy groups -OCH3 is 1. The van der Waals surface area contributed by atoms with Gasteiger partial charge in [0.05, 0.1) is 19.4 Å². The van der Waals surface area contributed by atoms with Crippen LogP contribution in [0.1, 0.15) is 24.4 Å². The number of halogens is 2. The predicted molar refractivity (Wildman–Crippen MR) is 113 cm³/mol. The first-order chi connectivity index (χ1) is 15.4. The summed E-state index contributed by atoms with van der Waals surface area (Å²) in [7, 11) is 1.55. The molecule has 32 heavy (non-hydrogen) atoms. The van der Waals surface area contributed by atoms with E-state index in [1.807, 2.05) is 0 Å². The van der Waals surface area contributed by atoms with Crippen LogP contribution in [0.4, 0.5) is 14.6 Å². The van der Waals surface area contributed by atoms with Crippen molar-refractivity contribution in [2.75, 3.05) is 19.0 Å². The molecule has 0 saturated heterocycles. The fourth-order valence-electron chi connectivity index (χ4n) is 4.12. The largest absolute Gasteiger partial charge is 0.489 e. The maximum Gasteiger partial charge on any atom is 0.229 e. The molecule has 168 valence electrons. The van der Waals surface area contributed by atoms with Gasteiger partial charge < -0.3 is 14.8 Å². The highest BCUT2D eigenvalue weighted by molar-refractivity contribution is 5.94. The van der Waals surface area contributed by atoms with Crippen LogP contribution >= 0.6 is 0 Å². The summed E-state index contributed by atoms with van der Waals surface area (Å²) in [6.45, 7) is 2.13. The Morgan fingerprint density at radius 2 is 2.16 bits per heavy atom. The molecule has 9 heteroatoms. The zero-order valence-electron chi connectivity index (χ0n) is 17.8. The number of amides is 1. The second kappa shape index (κ2) is 9.12. The lowest BCUT2D eigenvalue weighted by atomic mass is 9.82. The van der Waals surface area contributed by atoms with Crippen LogP contribution in [0.3, 0.4) is 0 Å². The second-order valence-electron chi connectivity index (χ2n) is 8.07. The number of carbonyl (C=O) groups excluding carboxylic acids is 1. The number of nitrogens with zero attached hydrogens (tertiary/aromatic N) is 3. The monoisotopic (exact) mass is 442 g/mol. The lowest BCUT2D eigenvalue weighted by molar-refractivity contribution is -0.118. The summed E-state index contributed by atoms with van der Waals surface area (Å²) < 4.78 is 38.9. The standard InChI is InChI=1S/C23H24F2N4O3/c1-14-27-11-20(19(28-14)12-31-2)32-13-23(15-6-7-17(24)18(25)9-15)10-16(23)22(30)29-21-5-3-4-8-26-21/h3-8,11,15-16H,9-10,12-13H2,1-2H3,(H,26,29,30)/t15?,16-,23+/m0/s1. The summed E-state index contributed by atoms with van der Waals surface area (Å²) in [5, 5.41) is 2.80. The quantitative estimate of drug-likeness (QED) is 0.663. The Morgan fingerprint density at radius 1 is 1.31 bits per heavy atom. The van der Waals surface area contributed by atoms with Crippen molar-refractivity contribution in [2.24, 2.45) is 17.3 Å². The molecule has 0 radical (unpaired) electrons. The molecule has 2 aliphatic carbocycles. The van der Waals surface area contributed by atoms with Gasteiger partial charge in [0.2, 0.25) is 5.91 Å². The fraction of sp³-hybridized carbons (Fsp3) is 0.391. The fourth-order valence-corrected chi connectivity index (χ4v) is 4.12. The van der Waals surface area contributed by atoms with Gasteiger partial charge in [0.1, 0.15) is 23.2 Å². The molecule has 1 amide bonds. The van der Waals surface area contributed by atoms with E-state index in [0.717, 1.165) is 6.08 Å². The minimum Gasteiger partial charge on any atom is -0.489 e. The van der Waals surface area contributed by atoms with Crippen molar-refractivity contribution in [1.82, 2.24) is 15.0 Å².